The molecule has 1 N–H and O–H groups in total. The molecule has 0 saturated carbocycles. The Morgan fingerprint density at radius 1 is 1.12 bits per heavy atom. The smallest absolute Gasteiger partial charge is 0.347 e. The van der Waals surface area contributed by atoms with E-state index in [0.717, 1.165) is 17.7 Å². The molecule has 25 heavy (non-hydrogen) atoms. The van der Waals surface area contributed by atoms with Gasteiger partial charge in [-0.1, -0.05) is 18.2 Å². The molecule has 0 aliphatic rings. The maximum Gasteiger partial charge on any atom is 0.347 e. The molecule has 2 aromatic rings. The van der Waals surface area contributed by atoms with Gasteiger partial charge in [0.2, 0.25) is 0 Å². The number of rotatable bonds is 6. The van der Waals surface area contributed by atoms with Gasteiger partial charge in [0.1, 0.15) is 23.1 Å². The van der Waals surface area contributed by atoms with Crippen molar-refractivity contribution in [2.75, 3.05) is 11.9 Å². The van der Waals surface area contributed by atoms with Crippen LogP contribution in [0.3, 0.4) is 0 Å². The molecule has 0 unspecified atom stereocenters. The lowest BCUT2D eigenvalue weighted by molar-refractivity contribution is -0.153. The summed E-state index contributed by atoms with van der Waals surface area (Å²) in [5, 5.41) is 2.02. The summed E-state index contributed by atoms with van der Waals surface area (Å²) in [7, 11) is 0. The van der Waals surface area contributed by atoms with Crippen LogP contribution in [0.1, 0.15) is 12.5 Å². The molecule has 0 heterocycles. The third kappa shape index (κ3) is 5.27. The van der Waals surface area contributed by atoms with Gasteiger partial charge in [-0.2, -0.15) is 0 Å². The van der Waals surface area contributed by atoms with Gasteiger partial charge in [0, 0.05) is 0 Å². The summed E-state index contributed by atoms with van der Waals surface area (Å²) in [4.78, 5) is 23.5. The van der Waals surface area contributed by atoms with Gasteiger partial charge >= 0.3 is 5.97 Å². The summed E-state index contributed by atoms with van der Waals surface area (Å²) in [6.07, 6.45) is -0.945. The van der Waals surface area contributed by atoms with Crippen LogP contribution >= 0.6 is 0 Å². The number of benzene rings is 2. The van der Waals surface area contributed by atoms with Crippen LogP contribution < -0.4 is 10.1 Å². The number of hydrogen-bond acceptors (Lipinski definition) is 4. The average molecular weight is 349 g/mol. The van der Waals surface area contributed by atoms with E-state index < -0.39 is 41.9 Å². The molecule has 5 nitrogen and oxygen atoms in total. The highest BCUT2D eigenvalue weighted by atomic mass is 19.1. The molecule has 7 heteroatoms. The number of para-hydroxylation sites is 1. The second-order valence-corrected chi connectivity index (χ2v) is 5.33. The van der Waals surface area contributed by atoms with Crippen molar-refractivity contribution in [1.82, 2.24) is 0 Å². The molecule has 0 bridgehead atoms. The number of halogens is 2. The van der Waals surface area contributed by atoms with Gasteiger partial charge < -0.3 is 14.8 Å². The van der Waals surface area contributed by atoms with Gasteiger partial charge in [0.15, 0.2) is 12.7 Å². The highest BCUT2D eigenvalue weighted by molar-refractivity contribution is 5.93. The molecule has 0 aromatic heterocycles. The third-order valence-corrected chi connectivity index (χ3v) is 3.21. The molecule has 0 aliphatic carbocycles. The van der Waals surface area contributed by atoms with E-state index in [1.54, 1.807) is 18.2 Å². The summed E-state index contributed by atoms with van der Waals surface area (Å²) < 4.78 is 37.1. The quantitative estimate of drug-likeness (QED) is 0.814. The zero-order valence-electron chi connectivity index (χ0n) is 13.7. The minimum atomic E-state index is -0.945. The fourth-order valence-electron chi connectivity index (χ4n) is 1.99. The van der Waals surface area contributed by atoms with Crippen molar-refractivity contribution in [1.29, 1.82) is 0 Å². The number of amides is 1. The lowest BCUT2D eigenvalue weighted by Crippen LogP contribution is -2.30. The fourth-order valence-corrected chi connectivity index (χ4v) is 1.99. The number of carbonyl (C=O) groups excluding carboxylic acids is 2. The van der Waals surface area contributed by atoms with Crippen LogP contribution in [0.2, 0.25) is 0 Å². The van der Waals surface area contributed by atoms with E-state index in [4.69, 9.17) is 9.47 Å². The maximum atomic E-state index is 13.4. The first-order valence-corrected chi connectivity index (χ1v) is 7.50. The van der Waals surface area contributed by atoms with Crippen molar-refractivity contribution in [3.8, 4) is 5.75 Å². The van der Waals surface area contributed by atoms with Crippen LogP contribution in [0, 0.1) is 18.6 Å². The summed E-state index contributed by atoms with van der Waals surface area (Å²) in [6, 6.07) is 10.3. The van der Waals surface area contributed by atoms with Crippen LogP contribution in [-0.2, 0) is 14.3 Å². The fraction of sp³-hybridized carbons (Fsp3) is 0.222. The Bertz CT molecular complexity index is 759. The SMILES string of the molecule is Cc1cccc(O[C@@H](C)C(=O)OCC(=O)Nc2c(F)cccc2F)c1. The predicted octanol–water partition coefficient (Wildman–Crippen LogP) is 3.22. The van der Waals surface area contributed by atoms with Gasteiger partial charge in [-0.3, -0.25) is 4.79 Å². The van der Waals surface area contributed by atoms with Crippen LogP contribution in [0.4, 0.5) is 14.5 Å². The highest BCUT2D eigenvalue weighted by Gasteiger charge is 2.19. The molecule has 132 valence electrons. The largest absolute Gasteiger partial charge is 0.479 e. The van der Waals surface area contributed by atoms with E-state index in [-0.39, 0.29) is 0 Å². The van der Waals surface area contributed by atoms with Gasteiger partial charge in [0.25, 0.3) is 5.91 Å². The molecule has 0 radical (unpaired) electrons. The van der Waals surface area contributed by atoms with Crippen molar-refractivity contribution in [3.05, 3.63) is 59.7 Å². The number of hydrogen-bond donors (Lipinski definition) is 1. The van der Waals surface area contributed by atoms with Crippen molar-refractivity contribution >= 4 is 17.6 Å². The Labute approximate surface area is 143 Å². The first kappa shape index (κ1) is 18.4. The van der Waals surface area contributed by atoms with E-state index in [2.05, 4.69) is 0 Å². The van der Waals surface area contributed by atoms with Crippen molar-refractivity contribution < 1.29 is 27.8 Å². The molecule has 0 spiro atoms. The second kappa shape index (κ2) is 8.23. The number of ether oxygens (including phenoxy) is 2. The van der Waals surface area contributed by atoms with Gasteiger partial charge in [0.05, 0.1) is 0 Å². The molecule has 1 atom stereocenters. The summed E-state index contributed by atoms with van der Waals surface area (Å²) in [5.74, 6) is -2.99. The first-order valence-electron chi connectivity index (χ1n) is 7.50. The van der Waals surface area contributed by atoms with Crippen LogP contribution in [0.15, 0.2) is 42.5 Å². The summed E-state index contributed by atoms with van der Waals surface area (Å²) >= 11 is 0. The van der Waals surface area contributed by atoms with Crippen LogP contribution in [0.25, 0.3) is 0 Å². The molecule has 1 amide bonds. The topological polar surface area (TPSA) is 64.6 Å². The first-order chi connectivity index (χ1) is 11.9. The van der Waals surface area contributed by atoms with Crippen molar-refractivity contribution in [2.24, 2.45) is 0 Å². The van der Waals surface area contributed by atoms with E-state index in [1.807, 2.05) is 18.3 Å². The lowest BCUT2D eigenvalue weighted by atomic mass is 10.2. The zero-order valence-corrected chi connectivity index (χ0v) is 13.7. The Hall–Kier alpha value is -2.96. The number of nitrogens with one attached hydrogen (secondary N) is 1. The lowest BCUT2D eigenvalue weighted by Gasteiger charge is -2.14. The summed E-state index contributed by atoms with van der Waals surface area (Å²) in [5.41, 5.74) is 0.372. The Morgan fingerprint density at radius 2 is 1.76 bits per heavy atom. The average Bonchev–Trinajstić information content (AvgIpc) is 2.56. The maximum absolute atomic E-state index is 13.4. The molecule has 0 fully saturated rings. The monoisotopic (exact) mass is 349 g/mol. The van der Waals surface area contributed by atoms with E-state index in [9.17, 15) is 18.4 Å². The van der Waals surface area contributed by atoms with Gasteiger partial charge in [-0.05, 0) is 43.7 Å². The summed E-state index contributed by atoms with van der Waals surface area (Å²) in [6.45, 7) is 2.66. The second-order valence-electron chi connectivity index (χ2n) is 5.33. The molecular formula is C18H17F2NO4. The van der Waals surface area contributed by atoms with Crippen LogP contribution in [0.5, 0.6) is 5.75 Å². The van der Waals surface area contributed by atoms with Crippen molar-refractivity contribution in [3.63, 3.8) is 0 Å². The zero-order chi connectivity index (χ0) is 18.4. The Balaban J connectivity index is 1.85. The Kier molecular flexibility index (Phi) is 6.05. The van der Waals surface area contributed by atoms with E-state index in [0.29, 0.717) is 5.75 Å². The highest BCUT2D eigenvalue weighted by Crippen LogP contribution is 2.18. The normalized spacial score (nSPS) is 11.5. The molecular weight excluding hydrogens is 332 g/mol. The number of anilines is 1. The number of aryl methyl sites for hydroxylation is 1. The predicted molar refractivity (Wildman–Crippen MR) is 87.2 cm³/mol. The third-order valence-electron chi connectivity index (χ3n) is 3.21. The van der Waals surface area contributed by atoms with E-state index in [1.165, 1.54) is 13.0 Å². The van der Waals surface area contributed by atoms with Gasteiger partial charge in [-0.15, -0.1) is 0 Å². The van der Waals surface area contributed by atoms with Crippen LogP contribution in [-0.4, -0.2) is 24.6 Å². The minimum absolute atomic E-state index is 0.488. The number of carbonyl (C=O) groups is 2. The van der Waals surface area contributed by atoms with Gasteiger partial charge in [-0.25, -0.2) is 13.6 Å². The van der Waals surface area contributed by atoms with E-state index >= 15 is 0 Å². The van der Waals surface area contributed by atoms with Crippen molar-refractivity contribution in [2.45, 2.75) is 20.0 Å². The molecule has 0 aliphatic heterocycles. The standard InChI is InChI=1S/C18H17F2NO4/c1-11-5-3-6-13(9-11)25-12(2)18(23)24-10-16(22)21-17-14(19)7-4-8-15(17)20/h3-9,12H,10H2,1-2H3,(H,21,22)/t12-/m0/s1. The molecule has 2 rings (SSSR count). The molecule has 0 saturated heterocycles. The number of esters is 1. The Morgan fingerprint density at radius 3 is 2.40 bits per heavy atom. The molecule has 2 aromatic carbocycles. The minimum Gasteiger partial charge on any atom is -0.479 e.